The molecule has 72 valence electrons. The van der Waals surface area contributed by atoms with Gasteiger partial charge in [-0.25, -0.2) is 0 Å². The van der Waals surface area contributed by atoms with E-state index in [1.54, 1.807) is 6.07 Å². The highest BCUT2D eigenvalue weighted by Gasteiger charge is 2.02. The highest BCUT2D eigenvalue weighted by atomic mass is 16.5. The molecule has 0 bridgehead atoms. The molecule has 0 aliphatic carbocycles. The summed E-state index contributed by atoms with van der Waals surface area (Å²) in [5.41, 5.74) is 1.09. The molecule has 13 heavy (non-hydrogen) atoms. The van der Waals surface area contributed by atoms with Crippen LogP contribution in [0.5, 0.6) is 11.5 Å². The van der Waals surface area contributed by atoms with E-state index in [1.165, 1.54) is 0 Å². The summed E-state index contributed by atoms with van der Waals surface area (Å²) >= 11 is 0. The fourth-order valence-electron chi connectivity index (χ4n) is 0.993. The predicted molar refractivity (Wildman–Crippen MR) is 53.2 cm³/mol. The van der Waals surface area contributed by atoms with Crippen LogP contribution in [0.25, 0.3) is 0 Å². The molecule has 0 aliphatic heterocycles. The van der Waals surface area contributed by atoms with Crippen molar-refractivity contribution < 1.29 is 9.84 Å². The first-order valence-corrected chi connectivity index (χ1v) is 4.52. The van der Waals surface area contributed by atoms with E-state index in [9.17, 15) is 5.11 Å². The lowest BCUT2D eigenvalue weighted by molar-refractivity contribution is 0.259. The largest absolute Gasteiger partial charge is 0.504 e. The van der Waals surface area contributed by atoms with Crippen LogP contribution in [0.4, 0.5) is 0 Å². The van der Waals surface area contributed by atoms with Gasteiger partial charge in [0, 0.05) is 0 Å². The lowest BCUT2D eigenvalue weighted by atomic mass is 10.2. The summed E-state index contributed by atoms with van der Waals surface area (Å²) in [5, 5.41) is 9.42. The van der Waals surface area contributed by atoms with Crippen molar-refractivity contribution in [3.05, 3.63) is 23.8 Å². The Bertz CT molecular complexity index is 279. The SMILES string of the molecule is Cc1ccc(O)c(OCC(C)C)c1. The molecule has 1 rings (SSSR count). The van der Waals surface area contributed by atoms with Gasteiger partial charge in [-0.2, -0.15) is 0 Å². The van der Waals surface area contributed by atoms with Crippen LogP contribution >= 0.6 is 0 Å². The quantitative estimate of drug-likeness (QED) is 0.775. The first-order chi connectivity index (χ1) is 6.09. The van der Waals surface area contributed by atoms with E-state index >= 15 is 0 Å². The molecule has 1 N–H and O–H groups in total. The minimum absolute atomic E-state index is 0.214. The second-order valence-corrected chi connectivity index (χ2v) is 3.68. The van der Waals surface area contributed by atoms with Gasteiger partial charge in [-0.3, -0.25) is 0 Å². The number of ether oxygens (including phenoxy) is 1. The maximum absolute atomic E-state index is 9.42. The van der Waals surface area contributed by atoms with Crippen LogP contribution < -0.4 is 4.74 Å². The zero-order valence-electron chi connectivity index (χ0n) is 8.37. The minimum Gasteiger partial charge on any atom is -0.504 e. The van der Waals surface area contributed by atoms with E-state index in [0.717, 1.165) is 5.56 Å². The number of aryl methyl sites for hydroxylation is 1. The van der Waals surface area contributed by atoms with E-state index in [1.807, 2.05) is 19.1 Å². The molecule has 2 heteroatoms. The third-order valence-electron chi connectivity index (χ3n) is 1.69. The molecule has 0 unspecified atom stereocenters. The summed E-state index contributed by atoms with van der Waals surface area (Å²) in [7, 11) is 0. The Morgan fingerprint density at radius 2 is 2.08 bits per heavy atom. The molecule has 0 aromatic heterocycles. The van der Waals surface area contributed by atoms with E-state index in [2.05, 4.69) is 13.8 Å². The number of aromatic hydroxyl groups is 1. The molecule has 0 radical (unpaired) electrons. The number of rotatable bonds is 3. The van der Waals surface area contributed by atoms with Crippen LogP contribution in [0.3, 0.4) is 0 Å². The van der Waals surface area contributed by atoms with Gasteiger partial charge in [-0.1, -0.05) is 19.9 Å². The average Bonchev–Trinajstić information content (AvgIpc) is 2.06. The summed E-state index contributed by atoms with van der Waals surface area (Å²) in [6, 6.07) is 5.36. The van der Waals surface area contributed by atoms with Crippen LogP contribution in [-0.2, 0) is 0 Å². The van der Waals surface area contributed by atoms with Gasteiger partial charge in [0.15, 0.2) is 11.5 Å². The van der Waals surface area contributed by atoms with Crippen molar-refractivity contribution in [2.45, 2.75) is 20.8 Å². The minimum atomic E-state index is 0.214. The smallest absolute Gasteiger partial charge is 0.161 e. The number of benzene rings is 1. The van der Waals surface area contributed by atoms with Crippen LogP contribution in [0.2, 0.25) is 0 Å². The molecule has 1 aromatic carbocycles. The second-order valence-electron chi connectivity index (χ2n) is 3.68. The molecular weight excluding hydrogens is 164 g/mol. The van der Waals surface area contributed by atoms with Crippen LogP contribution in [0.15, 0.2) is 18.2 Å². The van der Waals surface area contributed by atoms with Gasteiger partial charge in [0.05, 0.1) is 6.61 Å². The Hall–Kier alpha value is -1.18. The zero-order chi connectivity index (χ0) is 9.84. The highest BCUT2D eigenvalue weighted by Crippen LogP contribution is 2.26. The molecular formula is C11H16O2. The van der Waals surface area contributed by atoms with E-state index in [-0.39, 0.29) is 5.75 Å². The summed E-state index contributed by atoms with van der Waals surface area (Å²) in [6.45, 7) is 6.76. The van der Waals surface area contributed by atoms with Gasteiger partial charge >= 0.3 is 0 Å². The standard InChI is InChI=1S/C11H16O2/c1-8(2)7-13-11-6-9(3)4-5-10(11)12/h4-6,8,12H,7H2,1-3H3. The van der Waals surface area contributed by atoms with Gasteiger partial charge in [-0.05, 0) is 30.5 Å². The van der Waals surface area contributed by atoms with Crippen molar-refractivity contribution >= 4 is 0 Å². The average molecular weight is 180 g/mol. The molecule has 1 aromatic rings. The molecule has 0 aliphatic rings. The summed E-state index contributed by atoms with van der Waals surface area (Å²) in [6.07, 6.45) is 0. The van der Waals surface area contributed by atoms with Crippen molar-refractivity contribution in [1.29, 1.82) is 0 Å². The van der Waals surface area contributed by atoms with Crippen LogP contribution in [-0.4, -0.2) is 11.7 Å². The van der Waals surface area contributed by atoms with E-state index in [0.29, 0.717) is 18.3 Å². The Morgan fingerprint density at radius 3 is 2.69 bits per heavy atom. The maximum Gasteiger partial charge on any atom is 0.161 e. The highest BCUT2D eigenvalue weighted by molar-refractivity contribution is 5.41. The lowest BCUT2D eigenvalue weighted by Crippen LogP contribution is -2.04. The van der Waals surface area contributed by atoms with E-state index in [4.69, 9.17) is 4.74 Å². The topological polar surface area (TPSA) is 29.5 Å². The monoisotopic (exact) mass is 180 g/mol. The molecule has 0 spiro atoms. The molecule has 0 atom stereocenters. The summed E-state index contributed by atoms with van der Waals surface area (Å²) in [5.74, 6) is 1.26. The fourth-order valence-corrected chi connectivity index (χ4v) is 0.993. The van der Waals surface area contributed by atoms with Crippen molar-refractivity contribution in [1.82, 2.24) is 0 Å². The molecule has 0 saturated heterocycles. The Morgan fingerprint density at radius 1 is 1.38 bits per heavy atom. The number of hydrogen-bond acceptors (Lipinski definition) is 2. The van der Waals surface area contributed by atoms with Gasteiger partial charge in [0.2, 0.25) is 0 Å². The molecule has 0 fully saturated rings. The predicted octanol–water partition coefficient (Wildman–Crippen LogP) is 2.74. The molecule has 0 amide bonds. The lowest BCUT2D eigenvalue weighted by Gasteiger charge is -2.10. The summed E-state index contributed by atoms with van der Waals surface area (Å²) in [4.78, 5) is 0. The van der Waals surface area contributed by atoms with Gasteiger partial charge in [0.25, 0.3) is 0 Å². The van der Waals surface area contributed by atoms with Crippen LogP contribution in [0, 0.1) is 12.8 Å². The normalized spacial score (nSPS) is 10.5. The van der Waals surface area contributed by atoms with Crippen molar-refractivity contribution in [2.24, 2.45) is 5.92 Å². The maximum atomic E-state index is 9.42. The number of hydrogen-bond donors (Lipinski definition) is 1. The van der Waals surface area contributed by atoms with Crippen LogP contribution in [0.1, 0.15) is 19.4 Å². The Labute approximate surface area is 79.2 Å². The van der Waals surface area contributed by atoms with Crippen molar-refractivity contribution in [2.75, 3.05) is 6.61 Å². The zero-order valence-corrected chi connectivity index (χ0v) is 8.37. The third-order valence-corrected chi connectivity index (χ3v) is 1.69. The van der Waals surface area contributed by atoms with Crippen molar-refractivity contribution in [3.8, 4) is 11.5 Å². The Kier molecular flexibility index (Phi) is 3.18. The molecule has 2 nitrogen and oxygen atoms in total. The third kappa shape index (κ3) is 2.98. The van der Waals surface area contributed by atoms with Gasteiger partial charge < -0.3 is 9.84 Å². The van der Waals surface area contributed by atoms with Crippen molar-refractivity contribution in [3.63, 3.8) is 0 Å². The van der Waals surface area contributed by atoms with E-state index < -0.39 is 0 Å². The summed E-state index contributed by atoms with van der Waals surface area (Å²) < 4.78 is 5.43. The molecule has 0 heterocycles. The molecule has 0 saturated carbocycles. The van der Waals surface area contributed by atoms with Gasteiger partial charge in [0.1, 0.15) is 0 Å². The van der Waals surface area contributed by atoms with Gasteiger partial charge in [-0.15, -0.1) is 0 Å². The second kappa shape index (κ2) is 4.17. The number of phenols is 1. The first kappa shape index (κ1) is 9.90. The number of phenolic OH excluding ortho intramolecular Hbond substituents is 1. The Balaban J connectivity index is 2.70. The fraction of sp³-hybridized carbons (Fsp3) is 0.455. The first-order valence-electron chi connectivity index (χ1n) is 4.52.